The van der Waals surface area contributed by atoms with Crippen LogP contribution in [0.3, 0.4) is 0 Å². The summed E-state index contributed by atoms with van der Waals surface area (Å²) in [7, 11) is 0. The zero-order valence-electron chi connectivity index (χ0n) is 9.70. The van der Waals surface area contributed by atoms with E-state index < -0.39 is 0 Å². The number of hydrogen-bond donors (Lipinski definition) is 1. The minimum absolute atomic E-state index is 0. The van der Waals surface area contributed by atoms with Crippen LogP contribution < -0.4 is 63.5 Å². The second-order valence-electron chi connectivity index (χ2n) is 3.26. The van der Waals surface area contributed by atoms with Crippen molar-refractivity contribution in [1.82, 2.24) is 9.97 Å². The Morgan fingerprint density at radius 1 is 1.44 bits per heavy atom. The van der Waals surface area contributed by atoms with Crippen LogP contribution in [0.5, 0.6) is 0 Å². The number of carbonyl (C=O) groups excluding carboxylic acids is 1. The van der Waals surface area contributed by atoms with E-state index in [1.807, 2.05) is 0 Å². The van der Waals surface area contributed by atoms with E-state index in [2.05, 4.69) is 44.5 Å². The van der Waals surface area contributed by atoms with Crippen molar-refractivity contribution >= 4 is 50.9 Å². The normalized spacial score (nSPS) is 9.61. The molecule has 0 saturated heterocycles. The van der Waals surface area contributed by atoms with Crippen molar-refractivity contribution in [2.45, 2.75) is 0 Å². The Labute approximate surface area is 167 Å². The molecule has 0 atom stereocenters. The predicted octanol–water partition coefficient (Wildman–Crippen LogP) is 0.0466. The molecular weight excluding hydrogens is 417 g/mol. The molecule has 0 radical (unpaired) electrons. The maximum absolute atomic E-state index is 11.2. The summed E-state index contributed by atoms with van der Waals surface area (Å²) in [5.74, 6) is -0.100. The van der Waals surface area contributed by atoms with E-state index in [1.165, 1.54) is 12.4 Å². The number of carbonyl (C=O) groups is 1. The topological polar surface area (TPSA) is 78.7 Å². The van der Waals surface area contributed by atoms with Crippen molar-refractivity contribution in [1.29, 1.82) is 0 Å². The second-order valence-corrected chi connectivity index (χ2v) is 4.43. The van der Waals surface area contributed by atoms with E-state index in [0.29, 0.717) is 16.6 Å². The number of hydrogen-bond acceptors (Lipinski definition) is 3. The van der Waals surface area contributed by atoms with Crippen molar-refractivity contribution in [3.8, 4) is 0 Å². The standard InChI is InChI=1S/C11H9IN4O.Rb/c1-2-10(17)16-9-4-8-6(3-7(9)12)11(13)15-5-14-8;/h2-5H,1H2,(H3,13,14,15,16,17);/q;+1/p-1. The predicted molar refractivity (Wildman–Crippen MR) is 75.1 cm³/mol. The minimum Gasteiger partial charge on any atom is -0.481 e. The van der Waals surface area contributed by atoms with Crippen LogP contribution in [-0.2, 0) is 4.79 Å². The first-order chi connectivity index (χ1) is 8.11. The molecule has 1 aromatic heterocycles. The molecule has 0 aliphatic rings. The molecule has 0 spiro atoms. The van der Waals surface area contributed by atoms with E-state index in [1.54, 1.807) is 12.1 Å². The van der Waals surface area contributed by atoms with Gasteiger partial charge in [0.15, 0.2) is 0 Å². The maximum atomic E-state index is 11.2. The molecule has 18 heavy (non-hydrogen) atoms. The largest absolute Gasteiger partial charge is 1.00 e. The fourth-order valence-corrected chi connectivity index (χ4v) is 1.96. The van der Waals surface area contributed by atoms with Gasteiger partial charge in [0.1, 0.15) is 0 Å². The summed E-state index contributed by atoms with van der Waals surface area (Å²) >= 11 is 2.09. The van der Waals surface area contributed by atoms with Crippen LogP contribution in [0.25, 0.3) is 16.6 Å². The van der Waals surface area contributed by atoms with Crippen molar-refractivity contribution in [3.05, 3.63) is 40.4 Å². The molecule has 7 heteroatoms. The zero-order chi connectivity index (χ0) is 12.4. The molecule has 0 aliphatic heterocycles. The van der Waals surface area contributed by atoms with Crippen LogP contribution in [-0.4, -0.2) is 15.9 Å². The molecule has 86 valence electrons. The quantitative estimate of drug-likeness (QED) is 0.546. The summed E-state index contributed by atoms with van der Waals surface area (Å²) in [6.07, 6.45) is 2.53. The smallest absolute Gasteiger partial charge is 0.481 e. The summed E-state index contributed by atoms with van der Waals surface area (Å²) in [6.45, 7) is 3.39. The van der Waals surface area contributed by atoms with Crippen LogP contribution in [0.4, 0.5) is 11.5 Å². The van der Waals surface area contributed by atoms with Crippen molar-refractivity contribution in [2.75, 3.05) is 5.32 Å². The van der Waals surface area contributed by atoms with Gasteiger partial charge in [0, 0.05) is 9.90 Å². The van der Waals surface area contributed by atoms with Crippen LogP contribution in [0.15, 0.2) is 31.1 Å². The van der Waals surface area contributed by atoms with E-state index in [-0.39, 0.29) is 69.9 Å². The number of rotatable bonds is 2. The number of nitrogens with zero attached hydrogens (tertiary/aromatic N) is 2. The summed E-state index contributed by atoms with van der Waals surface area (Å²) < 4.78 is 0.827. The number of amides is 1. The summed E-state index contributed by atoms with van der Waals surface area (Å²) in [5.41, 5.74) is 8.93. The molecule has 2 rings (SSSR count). The minimum atomic E-state index is -0.276. The third-order valence-electron chi connectivity index (χ3n) is 2.17. The fourth-order valence-electron chi connectivity index (χ4n) is 1.36. The van der Waals surface area contributed by atoms with Gasteiger partial charge in [0.25, 0.3) is 0 Å². The summed E-state index contributed by atoms with van der Waals surface area (Å²) in [4.78, 5) is 19.1. The monoisotopic (exact) mass is 424 g/mol. The van der Waals surface area contributed by atoms with Crippen LogP contribution in [0.2, 0.25) is 0 Å². The first-order valence-corrected chi connectivity index (χ1v) is 5.79. The molecule has 0 aliphatic carbocycles. The van der Waals surface area contributed by atoms with Gasteiger partial charge in [-0.3, -0.25) is 9.78 Å². The molecule has 5 nitrogen and oxygen atoms in total. The summed E-state index contributed by atoms with van der Waals surface area (Å²) in [6, 6.07) is 3.50. The van der Waals surface area contributed by atoms with Gasteiger partial charge in [-0.1, -0.05) is 12.4 Å². The van der Waals surface area contributed by atoms with Crippen molar-refractivity contribution < 1.29 is 63.0 Å². The molecule has 2 aromatic rings. The van der Waals surface area contributed by atoms with Gasteiger partial charge in [0.2, 0.25) is 5.91 Å². The third kappa shape index (κ3) is 3.57. The van der Waals surface area contributed by atoms with Crippen molar-refractivity contribution in [2.24, 2.45) is 0 Å². The van der Waals surface area contributed by atoms with Crippen molar-refractivity contribution in [3.63, 3.8) is 0 Å². The Morgan fingerprint density at radius 2 is 2.17 bits per heavy atom. The first kappa shape index (κ1) is 16.2. The molecule has 1 amide bonds. The van der Waals surface area contributed by atoms with Crippen LogP contribution >= 0.6 is 22.6 Å². The number of fused-ring (bicyclic) bond motifs is 1. The SMILES string of the molecule is C=CC(=O)Nc1cc2ncnc([NH-])c2cc1I.[Rb+]. The molecule has 2 N–H and O–H groups in total. The fraction of sp³-hybridized carbons (Fsp3) is 0. The molecule has 0 fully saturated rings. The average Bonchev–Trinajstić information content (AvgIpc) is 2.31. The van der Waals surface area contributed by atoms with Gasteiger partial charge >= 0.3 is 58.2 Å². The Balaban J connectivity index is 0.00000162. The molecule has 0 bridgehead atoms. The zero-order valence-corrected chi connectivity index (χ0v) is 16.8. The van der Waals surface area contributed by atoms with E-state index in [9.17, 15) is 4.79 Å². The Kier molecular flexibility index (Phi) is 6.32. The second kappa shape index (κ2) is 7.04. The van der Waals surface area contributed by atoms with Crippen LogP contribution in [0, 0.1) is 3.57 Å². The Bertz CT molecular complexity index is 617. The molecule has 1 heterocycles. The van der Waals surface area contributed by atoms with Gasteiger partial charge in [-0.05, 0) is 46.2 Å². The number of halogens is 1. The third-order valence-corrected chi connectivity index (χ3v) is 3.06. The van der Waals surface area contributed by atoms with Gasteiger partial charge in [-0.2, -0.15) is 0 Å². The number of benzene rings is 1. The summed E-state index contributed by atoms with van der Waals surface area (Å²) in [5, 5.41) is 3.35. The van der Waals surface area contributed by atoms with Gasteiger partial charge in [0.05, 0.1) is 11.2 Å². The average molecular weight is 425 g/mol. The molecule has 0 unspecified atom stereocenters. The van der Waals surface area contributed by atoms with E-state index in [0.717, 1.165) is 3.57 Å². The molecule has 1 aromatic carbocycles. The van der Waals surface area contributed by atoms with Crippen LogP contribution in [0.1, 0.15) is 0 Å². The number of anilines is 1. The first-order valence-electron chi connectivity index (χ1n) is 4.71. The van der Waals surface area contributed by atoms with E-state index >= 15 is 0 Å². The molecular formula is C11H8IN4ORb. The number of aromatic nitrogens is 2. The van der Waals surface area contributed by atoms with Gasteiger partial charge < -0.3 is 16.0 Å². The van der Waals surface area contributed by atoms with E-state index in [4.69, 9.17) is 5.73 Å². The number of nitrogens with one attached hydrogen (secondary N) is 2. The maximum Gasteiger partial charge on any atom is 1.00 e. The Morgan fingerprint density at radius 3 is 2.83 bits per heavy atom. The Hall–Kier alpha value is 0.105. The van der Waals surface area contributed by atoms with Gasteiger partial charge in [-0.15, -0.1) is 0 Å². The molecule has 0 saturated carbocycles. The van der Waals surface area contributed by atoms with Gasteiger partial charge in [-0.25, -0.2) is 0 Å².